The number of nitriles is 1. The van der Waals surface area contributed by atoms with Gasteiger partial charge in [-0.2, -0.15) is 5.26 Å². The molecule has 1 aromatic rings. The zero-order valence-corrected chi connectivity index (χ0v) is 11.9. The molecule has 0 spiro atoms. The molecule has 0 heterocycles. The molecule has 19 heavy (non-hydrogen) atoms. The van der Waals surface area contributed by atoms with Gasteiger partial charge in [0.15, 0.2) is 0 Å². The fraction of sp³-hybridized carbons (Fsp3) is 0.467. The zero-order valence-electron chi connectivity index (χ0n) is 11.9. The molecule has 0 aromatic heterocycles. The summed E-state index contributed by atoms with van der Waals surface area (Å²) in [4.78, 5) is 13.4. The van der Waals surface area contributed by atoms with Crippen LogP contribution in [0, 0.1) is 17.2 Å². The number of rotatable bonds is 5. The largest absolute Gasteiger partial charge is 0.497 e. The van der Waals surface area contributed by atoms with Gasteiger partial charge >= 0.3 is 0 Å². The van der Waals surface area contributed by atoms with E-state index in [2.05, 4.69) is 6.07 Å². The van der Waals surface area contributed by atoms with E-state index in [0.717, 1.165) is 11.3 Å². The third kappa shape index (κ3) is 3.99. The normalized spacial score (nSPS) is 13.2. The van der Waals surface area contributed by atoms with E-state index < -0.39 is 0 Å². The Morgan fingerprint density at radius 2 is 1.95 bits per heavy atom. The molecule has 1 rings (SSSR count). The Balaban J connectivity index is 2.96. The highest BCUT2D eigenvalue weighted by molar-refractivity contribution is 5.76. The number of hydrogen-bond donors (Lipinski definition) is 0. The summed E-state index contributed by atoms with van der Waals surface area (Å²) in [7, 11) is 5.06. The maximum atomic E-state index is 11.9. The molecule has 0 bridgehead atoms. The molecule has 0 fully saturated rings. The van der Waals surface area contributed by atoms with Crippen molar-refractivity contribution in [3.63, 3.8) is 0 Å². The van der Waals surface area contributed by atoms with Crippen LogP contribution in [0.15, 0.2) is 24.3 Å². The molecule has 1 amide bonds. The van der Waals surface area contributed by atoms with Crippen LogP contribution in [0.25, 0.3) is 0 Å². The van der Waals surface area contributed by atoms with Crippen molar-refractivity contribution < 1.29 is 9.53 Å². The Kier molecular flexibility index (Phi) is 5.37. The fourth-order valence-corrected chi connectivity index (χ4v) is 1.90. The molecule has 102 valence electrons. The average molecular weight is 260 g/mol. The number of carbonyl (C=O) groups is 1. The Bertz CT molecular complexity index is 460. The van der Waals surface area contributed by atoms with Gasteiger partial charge < -0.3 is 9.64 Å². The predicted molar refractivity (Wildman–Crippen MR) is 73.8 cm³/mol. The van der Waals surface area contributed by atoms with Gasteiger partial charge in [0.2, 0.25) is 5.91 Å². The first-order valence-corrected chi connectivity index (χ1v) is 6.23. The van der Waals surface area contributed by atoms with E-state index in [1.165, 1.54) is 0 Å². The lowest BCUT2D eigenvalue weighted by Gasteiger charge is -2.21. The van der Waals surface area contributed by atoms with Crippen LogP contribution in [0.4, 0.5) is 0 Å². The van der Waals surface area contributed by atoms with Crippen LogP contribution >= 0.6 is 0 Å². The van der Waals surface area contributed by atoms with E-state index in [1.54, 1.807) is 26.1 Å². The predicted octanol–water partition coefficient (Wildman–Crippen LogP) is 2.42. The summed E-state index contributed by atoms with van der Waals surface area (Å²) in [5, 5.41) is 9.12. The number of carbonyl (C=O) groups excluding carboxylic acids is 1. The summed E-state index contributed by atoms with van der Waals surface area (Å²) < 4.78 is 5.11. The first-order valence-electron chi connectivity index (χ1n) is 6.23. The lowest BCUT2D eigenvalue weighted by molar-refractivity contribution is -0.129. The molecular weight excluding hydrogens is 240 g/mol. The molecule has 2 atom stereocenters. The third-order valence-electron chi connectivity index (χ3n) is 3.24. The van der Waals surface area contributed by atoms with E-state index in [1.807, 2.05) is 31.2 Å². The van der Waals surface area contributed by atoms with Crippen molar-refractivity contribution in [2.75, 3.05) is 21.2 Å². The number of nitrogens with zero attached hydrogens (tertiary/aromatic N) is 2. The van der Waals surface area contributed by atoms with Crippen molar-refractivity contribution in [3.05, 3.63) is 29.8 Å². The Morgan fingerprint density at radius 3 is 2.37 bits per heavy atom. The van der Waals surface area contributed by atoms with Crippen LogP contribution in [-0.4, -0.2) is 32.0 Å². The summed E-state index contributed by atoms with van der Waals surface area (Å²) in [6, 6.07) is 9.78. The highest BCUT2D eigenvalue weighted by Crippen LogP contribution is 2.29. The van der Waals surface area contributed by atoms with E-state index in [0.29, 0.717) is 6.42 Å². The minimum atomic E-state index is -0.211. The molecule has 0 aliphatic carbocycles. The molecular formula is C15H20N2O2. The second-order valence-electron chi connectivity index (χ2n) is 4.79. The zero-order chi connectivity index (χ0) is 14.4. The van der Waals surface area contributed by atoms with E-state index in [4.69, 9.17) is 10.00 Å². The lowest BCUT2D eigenvalue weighted by Crippen LogP contribution is -2.25. The van der Waals surface area contributed by atoms with Crippen LogP contribution in [0.3, 0.4) is 0 Å². The van der Waals surface area contributed by atoms with Crippen LogP contribution in [-0.2, 0) is 4.79 Å². The van der Waals surface area contributed by atoms with Gasteiger partial charge in [-0.05, 0) is 24.6 Å². The monoisotopic (exact) mass is 260 g/mol. The quantitative estimate of drug-likeness (QED) is 0.817. The average Bonchev–Trinajstić information content (AvgIpc) is 2.43. The van der Waals surface area contributed by atoms with Gasteiger partial charge in [-0.1, -0.05) is 12.1 Å². The summed E-state index contributed by atoms with van der Waals surface area (Å²) in [5.41, 5.74) is 0.991. The van der Waals surface area contributed by atoms with Crippen LogP contribution in [0.1, 0.15) is 24.8 Å². The maximum Gasteiger partial charge on any atom is 0.222 e. The molecule has 0 aliphatic rings. The van der Waals surface area contributed by atoms with Gasteiger partial charge in [0.25, 0.3) is 0 Å². The minimum Gasteiger partial charge on any atom is -0.497 e. The Hall–Kier alpha value is -2.02. The first kappa shape index (κ1) is 15.0. The van der Waals surface area contributed by atoms with Gasteiger partial charge in [0.1, 0.15) is 5.75 Å². The van der Waals surface area contributed by atoms with Crippen molar-refractivity contribution in [1.29, 1.82) is 5.26 Å². The fourth-order valence-electron chi connectivity index (χ4n) is 1.90. The summed E-state index contributed by atoms with van der Waals surface area (Å²) in [5.74, 6) is 0.497. The van der Waals surface area contributed by atoms with Gasteiger partial charge in [-0.25, -0.2) is 0 Å². The van der Waals surface area contributed by atoms with E-state index >= 15 is 0 Å². The van der Waals surface area contributed by atoms with Crippen molar-refractivity contribution in [3.8, 4) is 11.8 Å². The van der Waals surface area contributed by atoms with Crippen LogP contribution in [0.2, 0.25) is 0 Å². The maximum absolute atomic E-state index is 11.9. The molecule has 4 nitrogen and oxygen atoms in total. The number of benzene rings is 1. The summed E-state index contributed by atoms with van der Waals surface area (Å²) in [6.45, 7) is 1.85. The molecule has 0 aliphatic heterocycles. The molecule has 0 unspecified atom stereocenters. The second kappa shape index (κ2) is 6.79. The van der Waals surface area contributed by atoms with Crippen LogP contribution < -0.4 is 4.74 Å². The summed E-state index contributed by atoms with van der Waals surface area (Å²) >= 11 is 0. The minimum absolute atomic E-state index is 0.0305. The second-order valence-corrected chi connectivity index (χ2v) is 4.79. The number of hydrogen-bond acceptors (Lipinski definition) is 3. The van der Waals surface area contributed by atoms with Crippen molar-refractivity contribution in [2.24, 2.45) is 5.92 Å². The molecule has 0 saturated carbocycles. The highest BCUT2D eigenvalue weighted by Gasteiger charge is 2.23. The Morgan fingerprint density at radius 1 is 1.37 bits per heavy atom. The van der Waals surface area contributed by atoms with Gasteiger partial charge in [-0.15, -0.1) is 0 Å². The van der Waals surface area contributed by atoms with Gasteiger partial charge in [0.05, 0.1) is 19.1 Å². The SMILES string of the molecule is COc1ccc([C@@H](CC(=O)N(C)C)[C@H](C)C#N)cc1. The number of amides is 1. The molecule has 4 heteroatoms. The van der Waals surface area contributed by atoms with Gasteiger partial charge in [0, 0.05) is 26.4 Å². The van der Waals surface area contributed by atoms with Crippen LogP contribution in [0.5, 0.6) is 5.75 Å². The van der Waals surface area contributed by atoms with Crippen molar-refractivity contribution in [2.45, 2.75) is 19.3 Å². The standard InChI is InChI=1S/C15H20N2O2/c1-11(10-16)14(9-15(18)17(2)3)12-5-7-13(19-4)8-6-12/h5-8,11,14H,9H2,1-4H3/t11-,14+/m1/s1. The summed E-state index contributed by atoms with van der Waals surface area (Å²) in [6.07, 6.45) is 0.341. The first-order chi connectivity index (χ1) is 8.99. The smallest absolute Gasteiger partial charge is 0.222 e. The number of ether oxygens (including phenoxy) is 1. The molecule has 0 saturated heterocycles. The highest BCUT2D eigenvalue weighted by atomic mass is 16.5. The molecule has 1 aromatic carbocycles. The topological polar surface area (TPSA) is 53.3 Å². The van der Waals surface area contributed by atoms with Gasteiger partial charge in [-0.3, -0.25) is 4.79 Å². The molecule has 0 radical (unpaired) electrons. The third-order valence-corrected chi connectivity index (χ3v) is 3.24. The Labute approximate surface area is 114 Å². The lowest BCUT2D eigenvalue weighted by atomic mass is 9.85. The van der Waals surface area contributed by atoms with E-state index in [-0.39, 0.29) is 17.7 Å². The van der Waals surface area contributed by atoms with Crippen molar-refractivity contribution in [1.82, 2.24) is 4.90 Å². The number of methoxy groups -OCH3 is 1. The molecule has 0 N–H and O–H groups in total. The van der Waals surface area contributed by atoms with Crippen molar-refractivity contribution >= 4 is 5.91 Å². The van der Waals surface area contributed by atoms with E-state index in [9.17, 15) is 4.79 Å².